The molecule has 0 aliphatic heterocycles. The fraction of sp³-hybridized carbons (Fsp3) is 0.0222. The van der Waals surface area contributed by atoms with Crippen molar-refractivity contribution in [3.05, 3.63) is 175 Å². The maximum absolute atomic E-state index is 6.47. The van der Waals surface area contributed by atoms with E-state index in [0.717, 1.165) is 55.9 Å². The summed E-state index contributed by atoms with van der Waals surface area (Å²) in [5.74, 6) is 1.60. The summed E-state index contributed by atoms with van der Waals surface area (Å²) in [5, 5.41) is 13.9. The fourth-order valence-corrected chi connectivity index (χ4v) is 7.29. The highest BCUT2D eigenvalue weighted by Gasteiger charge is 2.19. The first-order valence-electron chi connectivity index (χ1n) is 17.0. The van der Waals surface area contributed by atoms with Gasteiger partial charge in [0, 0.05) is 44.0 Å². The molecule has 0 spiro atoms. The van der Waals surface area contributed by atoms with Crippen LogP contribution >= 0.6 is 0 Å². The number of ether oxygens (including phenoxy) is 1. The molecule has 0 amide bonds. The molecule has 0 aliphatic carbocycles. The Bertz CT molecular complexity index is 2640. The Labute approximate surface area is 293 Å². The van der Waals surface area contributed by atoms with E-state index < -0.39 is 0 Å². The molecule has 10 rings (SSSR count). The van der Waals surface area contributed by atoms with Crippen molar-refractivity contribution in [1.29, 1.82) is 0 Å². The number of aromatic nitrogens is 4. The van der Waals surface area contributed by atoms with Crippen LogP contribution in [-0.4, -0.2) is 19.3 Å². The van der Waals surface area contributed by atoms with Crippen LogP contribution in [0.1, 0.15) is 5.56 Å². The summed E-state index contributed by atoms with van der Waals surface area (Å²) in [4.78, 5) is 0. The predicted molar refractivity (Wildman–Crippen MR) is 205 cm³/mol. The summed E-state index contributed by atoms with van der Waals surface area (Å²) in [6, 6.07) is 58.7. The summed E-state index contributed by atoms with van der Waals surface area (Å²) in [7, 11) is 0. The van der Waals surface area contributed by atoms with Crippen LogP contribution in [-0.2, 0) is 6.61 Å². The summed E-state index contributed by atoms with van der Waals surface area (Å²) in [6.07, 6.45) is 0. The Morgan fingerprint density at radius 1 is 0.431 bits per heavy atom. The first-order valence-corrected chi connectivity index (χ1v) is 17.0. The van der Waals surface area contributed by atoms with Crippen molar-refractivity contribution in [1.82, 2.24) is 19.3 Å². The number of para-hydroxylation sites is 4. The average Bonchev–Trinajstić information content (AvgIpc) is 3.91. The van der Waals surface area contributed by atoms with Crippen LogP contribution in [0.2, 0.25) is 0 Å². The lowest BCUT2D eigenvalue weighted by molar-refractivity contribution is 0.306. The zero-order chi connectivity index (χ0) is 33.7. The highest BCUT2D eigenvalue weighted by Crippen LogP contribution is 2.38. The van der Waals surface area contributed by atoms with Gasteiger partial charge in [-0.1, -0.05) is 109 Å². The van der Waals surface area contributed by atoms with Crippen LogP contribution < -0.4 is 4.74 Å². The molecule has 242 valence electrons. The van der Waals surface area contributed by atoms with Gasteiger partial charge < -0.3 is 18.3 Å². The molecule has 0 radical (unpaired) electrons. The highest BCUT2D eigenvalue weighted by atomic mass is 16.5. The topological polar surface area (TPSA) is 58.0 Å². The van der Waals surface area contributed by atoms with Crippen molar-refractivity contribution >= 4 is 43.6 Å². The van der Waals surface area contributed by atoms with Gasteiger partial charge in [-0.3, -0.25) is 0 Å². The minimum Gasteiger partial charge on any atom is -0.489 e. The second-order valence-corrected chi connectivity index (χ2v) is 12.7. The largest absolute Gasteiger partial charge is 0.489 e. The van der Waals surface area contributed by atoms with Crippen LogP contribution in [0.4, 0.5) is 0 Å². The maximum Gasteiger partial charge on any atom is 0.248 e. The number of hydrogen-bond acceptors (Lipinski definition) is 4. The Kier molecular flexibility index (Phi) is 6.77. The first kappa shape index (κ1) is 29.0. The third-order valence-electron chi connectivity index (χ3n) is 9.58. The lowest BCUT2D eigenvalue weighted by atomic mass is 10.1. The molecule has 0 unspecified atom stereocenters. The minimum absolute atomic E-state index is 0.427. The van der Waals surface area contributed by atoms with Crippen LogP contribution in [0.15, 0.2) is 174 Å². The molecule has 6 heteroatoms. The zero-order valence-corrected chi connectivity index (χ0v) is 27.5. The van der Waals surface area contributed by atoms with Gasteiger partial charge in [-0.25, -0.2) is 0 Å². The number of rotatable bonds is 7. The number of nitrogens with zero attached hydrogens (tertiary/aromatic N) is 4. The third kappa shape index (κ3) is 4.96. The molecule has 0 fully saturated rings. The summed E-state index contributed by atoms with van der Waals surface area (Å²) >= 11 is 0. The second-order valence-electron chi connectivity index (χ2n) is 12.7. The molecule has 0 saturated heterocycles. The van der Waals surface area contributed by atoms with E-state index in [1.165, 1.54) is 21.5 Å². The monoisotopic (exact) mass is 658 g/mol. The molecule has 0 aliphatic rings. The van der Waals surface area contributed by atoms with E-state index in [1.807, 2.05) is 42.5 Å². The molecular formula is C45H30N4O2. The van der Waals surface area contributed by atoms with E-state index in [4.69, 9.17) is 9.15 Å². The lowest BCUT2D eigenvalue weighted by Gasteiger charge is -2.14. The summed E-state index contributed by atoms with van der Waals surface area (Å²) in [5.41, 5.74) is 9.22. The fourth-order valence-electron chi connectivity index (χ4n) is 7.29. The molecule has 0 bridgehead atoms. The average molecular weight is 659 g/mol. The SMILES string of the molecule is c1ccc(COc2cccc(-c3nnc(-c4cc(-n5c6ccccc6c6ccccc65)cc(-n5c6ccccc6c6ccccc65)c4)o3)c2)cc1. The minimum atomic E-state index is 0.427. The van der Waals surface area contributed by atoms with Crippen LogP contribution in [0.5, 0.6) is 5.75 Å². The van der Waals surface area contributed by atoms with E-state index in [1.54, 1.807) is 0 Å². The smallest absolute Gasteiger partial charge is 0.248 e. The highest BCUT2D eigenvalue weighted by molar-refractivity contribution is 6.10. The molecule has 10 aromatic rings. The van der Waals surface area contributed by atoms with Gasteiger partial charge >= 0.3 is 0 Å². The predicted octanol–water partition coefficient (Wildman–Crippen LogP) is 11.2. The second kappa shape index (κ2) is 11.9. The van der Waals surface area contributed by atoms with E-state index in [9.17, 15) is 0 Å². The Hall–Kier alpha value is -6.92. The van der Waals surface area contributed by atoms with Gasteiger partial charge in [0.05, 0.1) is 22.1 Å². The van der Waals surface area contributed by atoms with Gasteiger partial charge in [-0.15, -0.1) is 10.2 Å². The van der Waals surface area contributed by atoms with Crippen molar-refractivity contribution in [3.63, 3.8) is 0 Å². The van der Waals surface area contributed by atoms with Gasteiger partial charge in [0.15, 0.2) is 0 Å². The molecule has 7 aromatic carbocycles. The lowest BCUT2D eigenvalue weighted by Crippen LogP contribution is -2.00. The normalized spacial score (nSPS) is 11.6. The van der Waals surface area contributed by atoms with Crippen molar-refractivity contribution < 1.29 is 9.15 Å². The molecule has 0 atom stereocenters. The molecule has 3 aromatic heterocycles. The molecule has 0 N–H and O–H groups in total. The van der Waals surface area contributed by atoms with Crippen LogP contribution in [0.3, 0.4) is 0 Å². The molecule has 3 heterocycles. The van der Waals surface area contributed by atoms with Crippen molar-refractivity contribution in [2.24, 2.45) is 0 Å². The molecule has 0 saturated carbocycles. The summed E-state index contributed by atoms with van der Waals surface area (Å²) < 4.78 is 17.2. The maximum atomic E-state index is 6.47. The Morgan fingerprint density at radius 2 is 0.902 bits per heavy atom. The van der Waals surface area contributed by atoms with Gasteiger partial charge in [0.25, 0.3) is 0 Å². The van der Waals surface area contributed by atoms with E-state index >= 15 is 0 Å². The van der Waals surface area contributed by atoms with E-state index in [2.05, 4.69) is 147 Å². The number of fused-ring (bicyclic) bond motifs is 6. The van der Waals surface area contributed by atoms with Crippen molar-refractivity contribution in [2.75, 3.05) is 0 Å². The van der Waals surface area contributed by atoms with E-state index in [0.29, 0.717) is 18.4 Å². The Balaban J connectivity index is 1.15. The van der Waals surface area contributed by atoms with Crippen molar-refractivity contribution in [3.8, 4) is 40.0 Å². The molecule has 51 heavy (non-hydrogen) atoms. The third-order valence-corrected chi connectivity index (χ3v) is 9.58. The van der Waals surface area contributed by atoms with Crippen LogP contribution in [0, 0.1) is 0 Å². The molecular weight excluding hydrogens is 629 g/mol. The van der Waals surface area contributed by atoms with Crippen molar-refractivity contribution in [2.45, 2.75) is 6.61 Å². The van der Waals surface area contributed by atoms with Crippen LogP contribution in [0.25, 0.3) is 77.9 Å². The summed E-state index contributed by atoms with van der Waals surface area (Å²) in [6.45, 7) is 0.473. The number of benzene rings is 7. The van der Waals surface area contributed by atoms with Gasteiger partial charge in [0.1, 0.15) is 12.4 Å². The quantitative estimate of drug-likeness (QED) is 0.171. The van der Waals surface area contributed by atoms with Gasteiger partial charge in [-0.05, 0) is 66.2 Å². The van der Waals surface area contributed by atoms with Gasteiger partial charge in [0.2, 0.25) is 11.8 Å². The Morgan fingerprint density at radius 3 is 1.43 bits per heavy atom. The first-order chi connectivity index (χ1) is 25.3. The van der Waals surface area contributed by atoms with E-state index in [-0.39, 0.29) is 0 Å². The number of hydrogen-bond donors (Lipinski definition) is 0. The van der Waals surface area contributed by atoms with Gasteiger partial charge in [-0.2, -0.15) is 0 Å². The zero-order valence-electron chi connectivity index (χ0n) is 27.5. The molecule has 6 nitrogen and oxygen atoms in total. The standard InChI is InChI=1S/C45H30N4O2/c1-2-13-30(14-3-1)29-50-35-16-12-15-31(27-35)44-46-47-45(51-44)32-25-33(48-40-21-8-4-17-36(40)37-18-5-9-22-41(37)48)28-34(26-32)49-42-23-10-6-19-38(42)39-20-7-11-24-43(39)49/h1-28H,29H2.